The molecule has 0 aromatic carbocycles. The fourth-order valence-electron chi connectivity index (χ4n) is 4.69. The SMILES string of the molecule is CC1COCCCOC23CCCCC2(CCCC3)OCCCO1. The summed E-state index contributed by atoms with van der Waals surface area (Å²) in [5, 5.41) is 0. The molecule has 3 aliphatic rings. The molecule has 23 heavy (non-hydrogen) atoms. The lowest BCUT2D eigenvalue weighted by Crippen LogP contribution is -2.61. The fraction of sp³-hybridized carbons (Fsp3) is 1.00. The van der Waals surface area contributed by atoms with Crippen molar-refractivity contribution in [2.75, 3.05) is 33.0 Å². The first kappa shape index (κ1) is 17.7. The number of ether oxygens (including phenoxy) is 4. The Morgan fingerprint density at radius 2 is 1.17 bits per heavy atom. The molecule has 1 unspecified atom stereocenters. The molecule has 1 heterocycles. The second-order valence-electron chi connectivity index (χ2n) is 7.56. The summed E-state index contributed by atoms with van der Waals surface area (Å²) in [7, 11) is 0. The monoisotopic (exact) mass is 326 g/mol. The van der Waals surface area contributed by atoms with Crippen molar-refractivity contribution in [3.63, 3.8) is 0 Å². The van der Waals surface area contributed by atoms with Gasteiger partial charge in [-0.05, 0) is 45.4 Å². The molecule has 0 amide bonds. The molecular weight excluding hydrogens is 292 g/mol. The summed E-state index contributed by atoms with van der Waals surface area (Å²) >= 11 is 0. The highest BCUT2D eigenvalue weighted by Crippen LogP contribution is 2.51. The van der Waals surface area contributed by atoms with E-state index in [-0.39, 0.29) is 17.3 Å². The van der Waals surface area contributed by atoms with Gasteiger partial charge >= 0.3 is 0 Å². The minimum atomic E-state index is -0.0416. The van der Waals surface area contributed by atoms with Gasteiger partial charge in [0.1, 0.15) is 0 Å². The van der Waals surface area contributed by atoms with E-state index in [2.05, 4.69) is 6.92 Å². The Bertz CT molecular complexity index is 345. The molecule has 1 saturated heterocycles. The van der Waals surface area contributed by atoms with E-state index < -0.39 is 0 Å². The molecule has 4 heteroatoms. The molecule has 1 atom stereocenters. The maximum Gasteiger partial charge on any atom is 0.0970 e. The average molecular weight is 326 g/mol. The Morgan fingerprint density at radius 1 is 0.652 bits per heavy atom. The van der Waals surface area contributed by atoms with Gasteiger partial charge in [0.05, 0.1) is 23.9 Å². The summed E-state index contributed by atoms with van der Waals surface area (Å²) in [6.07, 6.45) is 11.9. The van der Waals surface area contributed by atoms with Crippen LogP contribution in [0.15, 0.2) is 0 Å². The maximum atomic E-state index is 6.57. The first-order chi connectivity index (χ1) is 11.3. The van der Waals surface area contributed by atoms with Gasteiger partial charge in [-0.1, -0.05) is 25.7 Å². The van der Waals surface area contributed by atoms with Gasteiger partial charge in [-0.2, -0.15) is 0 Å². The van der Waals surface area contributed by atoms with Crippen LogP contribution in [0.3, 0.4) is 0 Å². The first-order valence-corrected chi connectivity index (χ1v) is 9.74. The first-order valence-electron chi connectivity index (χ1n) is 9.74. The van der Waals surface area contributed by atoms with Crippen LogP contribution in [-0.2, 0) is 18.9 Å². The zero-order chi connectivity index (χ0) is 16.0. The third kappa shape index (κ3) is 4.09. The molecule has 4 nitrogen and oxygen atoms in total. The van der Waals surface area contributed by atoms with Crippen LogP contribution in [0, 0.1) is 0 Å². The van der Waals surface area contributed by atoms with Crippen molar-refractivity contribution in [2.45, 2.75) is 88.4 Å². The molecule has 0 aromatic heterocycles. The smallest absolute Gasteiger partial charge is 0.0970 e. The molecule has 0 aromatic rings. The lowest BCUT2D eigenvalue weighted by molar-refractivity contribution is -0.248. The summed E-state index contributed by atoms with van der Waals surface area (Å²) in [6, 6.07) is 0. The molecule has 0 N–H and O–H groups in total. The molecule has 0 radical (unpaired) electrons. The van der Waals surface area contributed by atoms with Crippen LogP contribution >= 0.6 is 0 Å². The molecule has 2 aliphatic carbocycles. The van der Waals surface area contributed by atoms with E-state index >= 15 is 0 Å². The Hall–Kier alpha value is -0.160. The number of hydrogen-bond acceptors (Lipinski definition) is 4. The Balaban J connectivity index is 1.69. The second-order valence-corrected chi connectivity index (χ2v) is 7.56. The lowest BCUT2D eigenvalue weighted by atomic mass is 9.63. The van der Waals surface area contributed by atoms with E-state index in [9.17, 15) is 0 Å². The van der Waals surface area contributed by atoms with E-state index in [4.69, 9.17) is 18.9 Å². The third-order valence-electron chi connectivity index (χ3n) is 5.89. The van der Waals surface area contributed by atoms with Crippen molar-refractivity contribution in [1.82, 2.24) is 0 Å². The van der Waals surface area contributed by atoms with Crippen LogP contribution in [0.25, 0.3) is 0 Å². The van der Waals surface area contributed by atoms with Gasteiger partial charge in [0.25, 0.3) is 0 Å². The van der Waals surface area contributed by atoms with Crippen molar-refractivity contribution in [2.24, 2.45) is 0 Å². The topological polar surface area (TPSA) is 36.9 Å². The van der Waals surface area contributed by atoms with Crippen LogP contribution in [-0.4, -0.2) is 50.3 Å². The highest BCUT2D eigenvalue weighted by atomic mass is 16.6. The highest BCUT2D eigenvalue weighted by molar-refractivity contribution is 5.07. The zero-order valence-electron chi connectivity index (χ0n) is 14.8. The van der Waals surface area contributed by atoms with Crippen LogP contribution in [0.4, 0.5) is 0 Å². The summed E-state index contributed by atoms with van der Waals surface area (Å²) in [4.78, 5) is 0. The summed E-state index contributed by atoms with van der Waals surface area (Å²) in [5.41, 5.74) is -0.0815. The number of rotatable bonds is 0. The van der Waals surface area contributed by atoms with Crippen LogP contribution < -0.4 is 0 Å². The minimum Gasteiger partial charge on any atom is -0.379 e. The van der Waals surface area contributed by atoms with Crippen molar-refractivity contribution < 1.29 is 18.9 Å². The largest absolute Gasteiger partial charge is 0.379 e. The van der Waals surface area contributed by atoms with E-state index in [1.165, 1.54) is 51.4 Å². The molecule has 3 rings (SSSR count). The zero-order valence-corrected chi connectivity index (χ0v) is 14.8. The predicted molar refractivity (Wildman–Crippen MR) is 89.8 cm³/mol. The van der Waals surface area contributed by atoms with Gasteiger partial charge in [-0.15, -0.1) is 0 Å². The van der Waals surface area contributed by atoms with Gasteiger partial charge in [-0.25, -0.2) is 0 Å². The van der Waals surface area contributed by atoms with E-state index in [0.717, 1.165) is 39.3 Å². The van der Waals surface area contributed by atoms with Crippen molar-refractivity contribution in [3.8, 4) is 0 Å². The molecule has 2 saturated carbocycles. The summed E-state index contributed by atoms with van der Waals surface area (Å²) in [5.74, 6) is 0. The third-order valence-corrected chi connectivity index (χ3v) is 5.89. The fourth-order valence-corrected chi connectivity index (χ4v) is 4.69. The van der Waals surface area contributed by atoms with Gasteiger partial charge in [-0.3, -0.25) is 0 Å². The van der Waals surface area contributed by atoms with Crippen molar-refractivity contribution in [3.05, 3.63) is 0 Å². The Kier molecular flexibility index (Phi) is 6.36. The summed E-state index contributed by atoms with van der Waals surface area (Å²) in [6.45, 7) is 5.86. The van der Waals surface area contributed by atoms with Gasteiger partial charge in [0.2, 0.25) is 0 Å². The van der Waals surface area contributed by atoms with Crippen LogP contribution in [0.1, 0.15) is 71.1 Å². The Labute approximate surface area is 141 Å². The van der Waals surface area contributed by atoms with E-state index in [1.54, 1.807) is 0 Å². The second kappa shape index (κ2) is 8.28. The average Bonchev–Trinajstić information content (AvgIpc) is 2.57. The van der Waals surface area contributed by atoms with Crippen LogP contribution in [0.5, 0.6) is 0 Å². The van der Waals surface area contributed by atoms with Gasteiger partial charge in [0, 0.05) is 26.4 Å². The minimum absolute atomic E-state index is 0.0399. The van der Waals surface area contributed by atoms with Crippen molar-refractivity contribution >= 4 is 0 Å². The maximum absolute atomic E-state index is 6.57. The lowest BCUT2D eigenvalue weighted by Gasteiger charge is -2.55. The molecule has 134 valence electrons. The molecule has 0 bridgehead atoms. The predicted octanol–water partition coefficient (Wildman–Crippen LogP) is 3.86. The van der Waals surface area contributed by atoms with Crippen LogP contribution in [0.2, 0.25) is 0 Å². The quantitative estimate of drug-likeness (QED) is 0.677. The number of hydrogen-bond donors (Lipinski definition) is 0. The van der Waals surface area contributed by atoms with Crippen molar-refractivity contribution in [1.29, 1.82) is 0 Å². The van der Waals surface area contributed by atoms with E-state index in [1.807, 2.05) is 0 Å². The van der Waals surface area contributed by atoms with E-state index in [0.29, 0.717) is 6.61 Å². The molecule has 3 fully saturated rings. The molecule has 0 spiro atoms. The van der Waals surface area contributed by atoms with Gasteiger partial charge in [0.15, 0.2) is 0 Å². The Morgan fingerprint density at radius 3 is 1.74 bits per heavy atom. The standard InChI is InChI=1S/C19H34O4/c1-17-16-20-12-6-14-22-18-8-2-4-10-19(18,11-5-3-9-18)23-15-7-13-21-17/h17H,2-16H2,1H3. The highest BCUT2D eigenvalue weighted by Gasteiger charge is 2.55. The van der Waals surface area contributed by atoms with Gasteiger partial charge < -0.3 is 18.9 Å². The molecular formula is C19H34O4. The normalized spacial score (nSPS) is 41.3. The summed E-state index contributed by atoms with van der Waals surface area (Å²) < 4.78 is 24.7. The molecule has 1 aliphatic heterocycles.